The number of thiazole rings is 1. The smallest absolute Gasteiger partial charge is 0.372 e. The van der Waals surface area contributed by atoms with Crippen LogP contribution in [0, 0.1) is 19.7 Å². The lowest BCUT2D eigenvalue weighted by molar-refractivity contribution is 0.0727. The standard InChI is InChI=1S/C20H16FNO3S/c1-12-9-14(10-13(2)18(12)23)7-8-15-11-22-19(26-15)20(24)25-17-6-4-3-5-16(17)21/h3-11,23H,1-2H3/b8-7+. The minimum Gasteiger partial charge on any atom is -0.507 e. The zero-order chi connectivity index (χ0) is 18.7. The number of phenolic OH excluding ortho intramolecular Hbond substituents is 1. The number of carbonyl (C=O) groups is 1. The molecule has 0 bridgehead atoms. The number of benzene rings is 2. The highest BCUT2D eigenvalue weighted by Crippen LogP contribution is 2.25. The fourth-order valence-electron chi connectivity index (χ4n) is 2.39. The van der Waals surface area contributed by atoms with Gasteiger partial charge in [-0.25, -0.2) is 14.2 Å². The second-order valence-electron chi connectivity index (χ2n) is 5.72. The largest absolute Gasteiger partial charge is 0.507 e. The fraction of sp³-hybridized carbons (Fsp3) is 0.100. The molecule has 0 aliphatic carbocycles. The van der Waals surface area contributed by atoms with Crippen LogP contribution in [0.2, 0.25) is 0 Å². The number of aromatic nitrogens is 1. The highest BCUT2D eigenvalue weighted by Gasteiger charge is 2.15. The van der Waals surface area contributed by atoms with Crippen LogP contribution in [0.25, 0.3) is 12.2 Å². The zero-order valence-electron chi connectivity index (χ0n) is 14.2. The first-order chi connectivity index (χ1) is 12.4. The van der Waals surface area contributed by atoms with Crippen molar-refractivity contribution in [3.63, 3.8) is 0 Å². The molecule has 26 heavy (non-hydrogen) atoms. The third-order valence-electron chi connectivity index (χ3n) is 3.69. The van der Waals surface area contributed by atoms with E-state index < -0.39 is 11.8 Å². The molecule has 0 aliphatic heterocycles. The molecule has 3 aromatic rings. The van der Waals surface area contributed by atoms with Crippen LogP contribution in [-0.2, 0) is 0 Å². The Labute approximate surface area is 154 Å². The molecule has 1 aromatic heterocycles. The number of aromatic hydroxyl groups is 1. The molecule has 0 atom stereocenters. The Bertz CT molecular complexity index is 971. The van der Waals surface area contributed by atoms with Gasteiger partial charge in [-0.05, 0) is 60.9 Å². The van der Waals surface area contributed by atoms with Gasteiger partial charge in [0.2, 0.25) is 5.01 Å². The summed E-state index contributed by atoms with van der Waals surface area (Å²) in [5, 5.41) is 9.96. The van der Waals surface area contributed by atoms with Crippen molar-refractivity contribution in [2.45, 2.75) is 13.8 Å². The molecule has 1 N–H and O–H groups in total. The number of phenols is 1. The van der Waals surface area contributed by atoms with Gasteiger partial charge in [0.15, 0.2) is 11.6 Å². The first-order valence-electron chi connectivity index (χ1n) is 7.85. The summed E-state index contributed by atoms with van der Waals surface area (Å²) in [7, 11) is 0. The summed E-state index contributed by atoms with van der Waals surface area (Å²) >= 11 is 1.15. The quantitative estimate of drug-likeness (QED) is 0.520. The molecular weight excluding hydrogens is 353 g/mol. The Morgan fingerprint density at radius 2 is 1.88 bits per heavy atom. The van der Waals surface area contributed by atoms with E-state index in [9.17, 15) is 14.3 Å². The number of nitrogens with zero attached hydrogens (tertiary/aromatic N) is 1. The minimum absolute atomic E-state index is 0.125. The van der Waals surface area contributed by atoms with Gasteiger partial charge in [-0.2, -0.15) is 0 Å². The lowest BCUT2D eigenvalue weighted by atomic mass is 10.1. The van der Waals surface area contributed by atoms with Crippen LogP contribution in [0.5, 0.6) is 11.5 Å². The van der Waals surface area contributed by atoms with E-state index in [0.717, 1.165) is 32.9 Å². The average Bonchev–Trinajstić information content (AvgIpc) is 3.09. The van der Waals surface area contributed by atoms with E-state index in [0.29, 0.717) is 0 Å². The Morgan fingerprint density at radius 1 is 1.19 bits per heavy atom. The molecule has 3 rings (SSSR count). The number of esters is 1. The first kappa shape index (κ1) is 17.8. The third-order valence-corrected chi connectivity index (χ3v) is 4.63. The highest BCUT2D eigenvalue weighted by molar-refractivity contribution is 7.14. The molecule has 0 saturated carbocycles. The van der Waals surface area contributed by atoms with Crippen LogP contribution in [0.15, 0.2) is 42.6 Å². The monoisotopic (exact) mass is 369 g/mol. The fourth-order valence-corrected chi connectivity index (χ4v) is 3.09. The van der Waals surface area contributed by atoms with Crippen molar-refractivity contribution >= 4 is 29.5 Å². The van der Waals surface area contributed by atoms with Crippen LogP contribution in [-0.4, -0.2) is 16.1 Å². The summed E-state index contributed by atoms with van der Waals surface area (Å²) in [5.41, 5.74) is 2.52. The SMILES string of the molecule is Cc1cc(/C=C/c2cnc(C(=O)Oc3ccccc3F)s2)cc(C)c1O. The number of hydrogen-bond acceptors (Lipinski definition) is 5. The number of aryl methyl sites for hydroxylation is 2. The molecule has 132 valence electrons. The number of hydrogen-bond donors (Lipinski definition) is 1. The van der Waals surface area contributed by atoms with Crippen LogP contribution in [0.4, 0.5) is 4.39 Å². The van der Waals surface area contributed by atoms with Crippen molar-refractivity contribution in [2.24, 2.45) is 0 Å². The predicted molar refractivity (Wildman–Crippen MR) is 100.0 cm³/mol. The van der Waals surface area contributed by atoms with Crippen LogP contribution in [0.3, 0.4) is 0 Å². The molecule has 0 unspecified atom stereocenters. The first-order valence-corrected chi connectivity index (χ1v) is 8.66. The summed E-state index contributed by atoms with van der Waals surface area (Å²) < 4.78 is 18.6. The minimum atomic E-state index is -0.698. The van der Waals surface area contributed by atoms with Crippen molar-refractivity contribution in [2.75, 3.05) is 0 Å². The normalized spacial score (nSPS) is 11.0. The number of rotatable bonds is 4. The second kappa shape index (κ2) is 7.49. The third kappa shape index (κ3) is 3.97. The van der Waals surface area contributed by atoms with Crippen LogP contribution in [0.1, 0.15) is 31.4 Å². The van der Waals surface area contributed by atoms with Crippen LogP contribution >= 0.6 is 11.3 Å². The maximum Gasteiger partial charge on any atom is 0.372 e. The molecular formula is C20H16FNO3S. The maximum atomic E-state index is 13.5. The van der Waals surface area contributed by atoms with Gasteiger partial charge in [0.25, 0.3) is 0 Å². The van der Waals surface area contributed by atoms with Gasteiger partial charge in [0.05, 0.1) is 0 Å². The van der Waals surface area contributed by atoms with Gasteiger partial charge < -0.3 is 9.84 Å². The molecule has 0 radical (unpaired) electrons. The number of carbonyl (C=O) groups excluding carboxylic acids is 1. The lowest BCUT2D eigenvalue weighted by Gasteiger charge is -2.04. The van der Waals surface area contributed by atoms with E-state index in [2.05, 4.69) is 4.98 Å². The van der Waals surface area contributed by atoms with E-state index in [1.165, 1.54) is 18.2 Å². The van der Waals surface area contributed by atoms with Crippen molar-refractivity contribution in [3.8, 4) is 11.5 Å². The van der Waals surface area contributed by atoms with Crippen molar-refractivity contribution in [3.05, 3.63) is 75.0 Å². The van der Waals surface area contributed by atoms with Gasteiger partial charge in [-0.15, -0.1) is 11.3 Å². The van der Waals surface area contributed by atoms with E-state index in [-0.39, 0.29) is 16.5 Å². The number of halogens is 1. The Morgan fingerprint density at radius 3 is 2.58 bits per heavy atom. The summed E-state index contributed by atoms with van der Waals surface area (Å²) in [4.78, 5) is 16.9. The number of para-hydroxylation sites is 1. The molecule has 0 fully saturated rings. The van der Waals surface area contributed by atoms with Crippen LogP contribution < -0.4 is 4.74 Å². The van der Waals surface area contributed by atoms with Gasteiger partial charge in [0, 0.05) is 11.1 Å². The Balaban J connectivity index is 1.73. The molecule has 1 heterocycles. The lowest BCUT2D eigenvalue weighted by Crippen LogP contribution is -2.08. The second-order valence-corrected chi connectivity index (χ2v) is 6.79. The summed E-state index contributed by atoms with van der Waals surface area (Å²) in [6.07, 6.45) is 5.25. The molecule has 0 amide bonds. The molecule has 0 spiro atoms. The Kier molecular flexibility index (Phi) is 5.14. The van der Waals surface area contributed by atoms with E-state index >= 15 is 0 Å². The van der Waals surface area contributed by atoms with Crippen molar-refractivity contribution < 1.29 is 19.0 Å². The maximum absolute atomic E-state index is 13.5. The highest BCUT2D eigenvalue weighted by atomic mass is 32.1. The van der Waals surface area contributed by atoms with E-state index in [4.69, 9.17) is 4.74 Å². The molecule has 6 heteroatoms. The van der Waals surface area contributed by atoms with Gasteiger partial charge in [-0.3, -0.25) is 0 Å². The van der Waals surface area contributed by atoms with Crippen molar-refractivity contribution in [1.29, 1.82) is 0 Å². The molecule has 2 aromatic carbocycles. The zero-order valence-corrected chi connectivity index (χ0v) is 15.0. The topological polar surface area (TPSA) is 59.4 Å². The summed E-state index contributed by atoms with van der Waals surface area (Å²) in [5.74, 6) is -1.13. The van der Waals surface area contributed by atoms with Crippen molar-refractivity contribution in [1.82, 2.24) is 4.98 Å². The van der Waals surface area contributed by atoms with Gasteiger partial charge in [0.1, 0.15) is 5.75 Å². The van der Waals surface area contributed by atoms with Gasteiger partial charge in [-0.1, -0.05) is 18.2 Å². The molecule has 0 aliphatic rings. The molecule has 4 nitrogen and oxygen atoms in total. The summed E-state index contributed by atoms with van der Waals surface area (Å²) in [6, 6.07) is 9.45. The molecule has 0 saturated heterocycles. The van der Waals surface area contributed by atoms with E-state index in [1.54, 1.807) is 12.3 Å². The average molecular weight is 369 g/mol. The Hall–Kier alpha value is -2.99. The number of ether oxygens (including phenoxy) is 1. The predicted octanol–water partition coefficient (Wildman–Crippen LogP) is 4.99. The summed E-state index contributed by atoms with van der Waals surface area (Å²) in [6.45, 7) is 3.67. The van der Waals surface area contributed by atoms with E-state index in [1.807, 2.05) is 38.1 Å². The van der Waals surface area contributed by atoms with Gasteiger partial charge >= 0.3 is 5.97 Å².